The molecule has 6 heteroatoms. The van der Waals surface area contributed by atoms with E-state index in [0.29, 0.717) is 11.7 Å². The molecule has 4 aromatic rings. The Balaban J connectivity index is 1.70. The van der Waals surface area contributed by atoms with E-state index in [1.165, 1.54) is 11.3 Å². The van der Waals surface area contributed by atoms with Crippen molar-refractivity contribution >= 4 is 49.1 Å². The maximum absolute atomic E-state index is 12.7. The molecule has 0 aliphatic heterocycles. The highest BCUT2D eigenvalue weighted by molar-refractivity contribution is 7.22. The highest BCUT2D eigenvalue weighted by Crippen LogP contribution is 2.39. The number of hydrogen-bond donors (Lipinski definition) is 1. The van der Waals surface area contributed by atoms with Gasteiger partial charge in [0.25, 0.3) is 0 Å². The fraction of sp³-hybridized carbons (Fsp3) is 0.250. The number of amides is 1. The highest BCUT2D eigenvalue weighted by atomic mass is 32.1. The molecule has 2 heterocycles. The van der Waals surface area contributed by atoms with Crippen LogP contribution in [-0.2, 0) is 4.79 Å². The first-order valence-corrected chi connectivity index (χ1v) is 10.7. The van der Waals surface area contributed by atoms with E-state index in [9.17, 15) is 4.79 Å². The quantitative estimate of drug-likeness (QED) is 0.379. The molecule has 154 valence electrons. The molecule has 0 radical (unpaired) electrons. The molecule has 0 saturated heterocycles. The second-order valence-corrected chi connectivity index (χ2v) is 8.31. The van der Waals surface area contributed by atoms with Crippen LogP contribution in [0.4, 0.5) is 5.13 Å². The van der Waals surface area contributed by atoms with Crippen LogP contribution in [0.1, 0.15) is 36.3 Å². The van der Waals surface area contributed by atoms with Gasteiger partial charge in [0, 0.05) is 22.6 Å². The Labute approximate surface area is 179 Å². The van der Waals surface area contributed by atoms with Gasteiger partial charge in [-0.1, -0.05) is 23.5 Å². The summed E-state index contributed by atoms with van der Waals surface area (Å²) in [5.74, 6) is 1.43. The number of allylic oxidation sites excluding steroid dienone is 1. The molecule has 0 unspecified atom stereocenters. The Hall–Kier alpha value is -3.12. The number of para-hydroxylation sites is 1. The average molecular weight is 421 g/mol. The zero-order valence-corrected chi connectivity index (χ0v) is 18.6. The zero-order chi connectivity index (χ0) is 21.4. The fourth-order valence-corrected chi connectivity index (χ4v) is 4.45. The molecule has 1 N–H and O–H groups in total. The van der Waals surface area contributed by atoms with Crippen molar-refractivity contribution in [3.63, 3.8) is 0 Å². The SMILES string of the molecule is CCOc1c(/C(C)=C/C(=O)Nc2nc3ccccc3s2)cc2c(C)c(C)oc2c1C. The lowest BCUT2D eigenvalue weighted by Gasteiger charge is -2.14. The van der Waals surface area contributed by atoms with Gasteiger partial charge in [-0.25, -0.2) is 4.98 Å². The van der Waals surface area contributed by atoms with E-state index in [1.54, 1.807) is 6.08 Å². The maximum Gasteiger partial charge on any atom is 0.250 e. The van der Waals surface area contributed by atoms with E-state index >= 15 is 0 Å². The predicted octanol–water partition coefficient (Wildman–Crippen LogP) is 6.41. The van der Waals surface area contributed by atoms with E-state index in [2.05, 4.69) is 16.4 Å². The molecule has 4 rings (SSSR count). The van der Waals surface area contributed by atoms with Crippen molar-refractivity contribution < 1.29 is 13.9 Å². The maximum atomic E-state index is 12.7. The molecule has 2 aromatic heterocycles. The molecule has 0 spiro atoms. The number of aryl methyl sites for hydroxylation is 3. The number of rotatable bonds is 5. The third-order valence-corrected chi connectivity index (χ3v) is 6.18. The number of carbonyl (C=O) groups is 1. The number of furan rings is 1. The zero-order valence-electron chi connectivity index (χ0n) is 17.8. The first-order valence-electron chi connectivity index (χ1n) is 9.90. The van der Waals surface area contributed by atoms with Gasteiger partial charge in [0.1, 0.15) is 17.1 Å². The summed E-state index contributed by atoms with van der Waals surface area (Å²) in [5, 5.41) is 4.51. The monoisotopic (exact) mass is 420 g/mol. The van der Waals surface area contributed by atoms with E-state index in [-0.39, 0.29) is 5.91 Å². The van der Waals surface area contributed by atoms with Gasteiger partial charge in [-0.2, -0.15) is 0 Å². The van der Waals surface area contributed by atoms with Crippen molar-refractivity contribution in [2.45, 2.75) is 34.6 Å². The van der Waals surface area contributed by atoms with Crippen molar-refractivity contribution in [2.75, 3.05) is 11.9 Å². The van der Waals surface area contributed by atoms with Crippen molar-refractivity contribution in [3.8, 4) is 5.75 Å². The predicted molar refractivity (Wildman–Crippen MR) is 123 cm³/mol. The number of ether oxygens (including phenoxy) is 1. The topological polar surface area (TPSA) is 64.4 Å². The summed E-state index contributed by atoms with van der Waals surface area (Å²) in [7, 11) is 0. The lowest BCUT2D eigenvalue weighted by molar-refractivity contribution is -0.111. The lowest BCUT2D eigenvalue weighted by Crippen LogP contribution is -2.08. The molecule has 1 amide bonds. The van der Waals surface area contributed by atoms with Crippen LogP contribution in [0.5, 0.6) is 5.75 Å². The number of benzene rings is 2. The third kappa shape index (κ3) is 3.59. The number of thiazole rings is 1. The van der Waals surface area contributed by atoms with Crippen molar-refractivity contribution in [1.29, 1.82) is 0 Å². The first kappa shape index (κ1) is 20.2. The Morgan fingerprint density at radius 3 is 2.73 bits per heavy atom. The van der Waals surface area contributed by atoms with Crippen LogP contribution >= 0.6 is 11.3 Å². The number of fused-ring (bicyclic) bond motifs is 2. The minimum absolute atomic E-state index is 0.216. The molecule has 0 fully saturated rings. The number of carbonyl (C=O) groups excluding carboxylic acids is 1. The van der Waals surface area contributed by atoms with E-state index < -0.39 is 0 Å². The van der Waals surface area contributed by atoms with Gasteiger partial charge in [-0.3, -0.25) is 10.1 Å². The van der Waals surface area contributed by atoms with Crippen molar-refractivity contribution in [3.05, 3.63) is 58.9 Å². The smallest absolute Gasteiger partial charge is 0.250 e. The molecule has 0 saturated carbocycles. The van der Waals surface area contributed by atoms with E-state index in [0.717, 1.165) is 55.0 Å². The number of aromatic nitrogens is 1. The van der Waals surface area contributed by atoms with Gasteiger partial charge in [-0.15, -0.1) is 0 Å². The van der Waals surface area contributed by atoms with Crippen LogP contribution in [0.3, 0.4) is 0 Å². The normalized spacial score (nSPS) is 12.0. The van der Waals surface area contributed by atoms with Crippen molar-refractivity contribution in [2.24, 2.45) is 0 Å². The first-order chi connectivity index (χ1) is 14.4. The standard InChI is InChI=1S/C24H24N2O3S/c1-6-28-22-15(4)23-18(14(3)16(5)29-23)12-17(22)13(2)11-21(27)26-24-25-19-9-7-8-10-20(19)30-24/h7-12H,6H2,1-5H3,(H,25,26,27)/b13-11+. The molecular weight excluding hydrogens is 396 g/mol. The van der Waals surface area contributed by atoms with E-state index in [1.807, 2.05) is 58.9 Å². The van der Waals surface area contributed by atoms with Gasteiger partial charge in [-0.05, 0) is 64.0 Å². The van der Waals surface area contributed by atoms with E-state index in [4.69, 9.17) is 9.15 Å². The summed E-state index contributed by atoms with van der Waals surface area (Å²) in [6.07, 6.45) is 1.59. The van der Waals surface area contributed by atoms with Crippen molar-refractivity contribution in [1.82, 2.24) is 4.98 Å². The largest absolute Gasteiger partial charge is 0.493 e. The van der Waals surface area contributed by atoms with Gasteiger partial charge in [0.15, 0.2) is 5.13 Å². The lowest BCUT2D eigenvalue weighted by atomic mass is 9.98. The van der Waals surface area contributed by atoms with Gasteiger partial charge < -0.3 is 9.15 Å². The molecule has 2 aromatic carbocycles. The average Bonchev–Trinajstić information content (AvgIpc) is 3.24. The molecule has 0 bridgehead atoms. The molecule has 30 heavy (non-hydrogen) atoms. The second kappa shape index (κ2) is 7.95. The summed E-state index contributed by atoms with van der Waals surface area (Å²) in [6, 6.07) is 9.87. The van der Waals surface area contributed by atoms with Crippen LogP contribution in [0.15, 0.2) is 40.8 Å². The second-order valence-electron chi connectivity index (χ2n) is 7.27. The molecule has 0 atom stereocenters. The van der Waals surface area contributed by atoms with Gasteiger partial charge in [0.2, 0.25) is 5.91 Å². The van der Waals surface area contributed by atoms with Crippen LogP contribution < -0.4 is 10.1 Å². The van der Waals surface area contributed by atoms with Crippen LogP contribution in [0, 0.1) is 20.8 Å². The molecule has 0 aliphatic carbocycles. The van der Waals surface area contributed by atoms with Crippen LogP contribution in [0.25, 0.3) is 26.8 Å². The molecular formula is C24H24N2O3S. The Kier molecular flexibility index (Phi) is 5.35. The Morgan fingerprint density at radius 2 is 2.00 bits per heavy atom. The van der Waals surface area contributed by atoms with Gasteiger partial charge in [0.05, 0.1) is 16.8 Å². The van der Waals surface area contributed by atoms with Crippen LogP contribution in [-0.4, -0.2) is 17.5 Å². The van der Waals surface area contributed by atoms with Crippen LogP contribution in [0.2, 0.25) is 0 Å². The number of anilines is 1. The highest BCUT2D eigenvalue weighted by Gasteiger charge is 2.19. The summed E-state index contributed by atoms with van der Waals surface area (Å²) in [5.41, 5.74) is 5.47. The molecule has 5 nitrogen and oxygen atoms in total. The minimum atomic E-state index is -0.216. The summed E-state index contributed by atoms with van der Waals surface area (Å²) in [6.45, 7) is 10.4. The van der Waals surface area contributed by atoms with Gasteiger partial charge >= 0.3 is 0 Å². The fourth-order valence-electron chi connectivity index (χ4n) is 3.58. The number of nitrogens with zero attached hydrogens (tertiary/aromatic N) is 1. The Bertz CT molecular complexity index is 1260. The minimum Gasteiger partial charge on any atom is -0.493 e. The summed E-state index contributed by atoms with van der Waals surface area (Å²) in [4.78, 5) is 17.2. The Morgan fingerprint density at radius 1 is 1.23 bits per heavy atom. The molecule has 0 aliphatic rings. The number of nitrogens with one attached hydrogen (secondary N) is 1. The third-order valence-electron chi connectivity index (χ3n) is 5.23. The summed E-state index contributed by atoms with van der Waals surface area (Å²) >= 11 is 1.46. The summed E-state index contributed by atoms with van der Waals surface area (Å²) < 4.78 is 12.9. The number of hydrogen-bond acceptors (Lipinski definition) is 5.